The number of halogens is 1. The summed E-state index contributed by atoms with van der Waals surface area (Å²) in [5.41, 5.74) is 2.59. The van der Waals surface area contributed by atoms with Gasteiger partial charge in [0.25, 0.3) is 0 Å². The van der Waals surface area contributed by atoms with Gasteiger partial charge in [0.2, 0.25) is 11.8 Å². The molecule has 2 aromatic rings. The third-order valence-corrected chi connectivity index (χ3v) is 4.92. The molecular weight excluding hydrogens is 384 g/mol. The number of hydrogen-bond donors (Lipinski definition) is 1. The number of nitrogens with one attached hydrogen (secondary N) is 1. The van der Waals surface area contributed by atoms with Gasteiger partial charge >= 0.3 is 0 Å². The summed E-state index contributed by atoms with van der Waals surface area (Å²) in [5, 5.41) is 2.91. The highest BCUT2D eigenvalue weighted by Gasteiger charge is 2.35. The highest BCUT2D eigenvalue weighted by molar-refractivity contribution is 9.10. The standard InChI is InChI=1S/C19H19BrN2O3/c1-12-3-8-17(16(20)9-12)21-19(24)13-10-18(23)22(11-13)14-4-6-15(25-2)7-5-14/h3-9,13H,10-11H2,1-2H3,(H,21,24)/t13-/m1/s1. The minimum absolute atomic E-state index is 0.0479. The first-order valence-electron chi connectivity index (χ1n) is 7.99. The molecule has 3 rings (SSSR count). The highest BCUT2D eigenvalue weighted by Crippen LogP contribution is 2.29. The van der Waals surface area contributed by atoms with Crippen LogP contribution in [0.1, 0.15) is 12.0 Å². The zero-order valence-electron chi connectivity index (χ0n) is 14.1. The van der Waals surface area contributed by atoms with E-state index in [4.69, 9.17) is 4.74 Å². The number of benzene rings is 2. The number of ether oxygens (including phenoxy) is 1. The zero-order chi connectivity index (χ0) is 18.0. The van der Waals surface area contributed by atoms with Crippen molar-refractivity contribution in [1.82, 2.24) is 0 Å². The monoisotopic (exact) mass is 402 g/mol. The Kier molecular flexibility index (Phi) is 5.08. The fourth-order valence-electron chi connectivity index (χ4n) is 2.85. The number of amides is 2. The molecule has 1 fully saturated rings. The quantitative estimate of drug-likeness (QED) is 0.846. The van der Waals surface area contributed by atoms with Crippen LogP contribution < -0.4 is 15.0 Å². The Morgan fingerprint density at radius 3 is 2.60 bits per heavy atom. The number of anilines is 2. The number of carbonyl (C=O) groups is 2. The number of methoxy groups -OCH3 is 1. The molecule has 1 saturated heterocycles. The van der Waals surface area contributed by atoms with Crippen LogP contribution in [0.4, 0.5) is 11.4 Å². The average molecular weight is 403 g/mol. The second-order valence-electron chi connectivity index (χ2n) is 6.08. The van der Waals surface area contributed by atoms with Gasteiger partial charge in [0, 0.05) is 23.1 Å². The van der Waals surface area contributed by atoms with E-state index in [1.807, 2.05) is 37.3 Å². The van der Waals surface area contributed by atoms with Crippen LogP contribution in [0, 0.1) is 12.8 Å². The molecule has 0 aliphatic carbocycles. The predicted octanol–water partition coefficient (Wildman–Crippen LogP) is 3.76. The summed E-state index contributed by atoms with van der Waals surface area (Å²) in [6, 6.07) is 13.0. The van der Waals surface area contributed by atoms with Crippen molar-refractivity contribution in [3.8, 4) is 5.75 Å². The maximum atomic E-state index is 12.5. The summed E-state index contributed by atoms with van der Waals surface area (Å²) in [6.07, 6.45) is 0.210. The first-order valence-corrected chi connectivity index (χ1v) is 8.78. The molecular formula is C19H19BrN2O3. The molecule has 0 aromatic heterocycles. The van der Waals surface area contributed by atoms with Crippen molar-refractivity contribution in [1.29, 1.82) is 0 Å². The minimum Gasteiger partial charge on any atom is -0.497 e. The molecule has 0 radical (unpaired) electrons. The van der Waals surface area contributed by atoms with E-state index in [0.29, 0.717) is 12.2 Å². The second-order valence-corrected chi connectivity index (χ2v) is 6.93. The van der Waals surface area contributed by atoms with Gasteiger partial charge in [-0.05, 0) is 64.8 Å². The van der Waals surface area contributed by atoms with Crippen molar-refractivity contribution in [3.05, 3.63) is 52.5 Å². The molecule has 6 heteroatoms. The molecule has 130 valence electrons. The third kappa shape index (κ3) is 3.85. The van der Waals surface area contributed by atoms with E-state index >= 15 is 0 Å². The lowest BCUT2D eigenvalue weighted by Gasteiger charge is -2.17. The molecule has 0 bridgehead atoms. The maximum Gasteiger partial charge on any atom is 0.229 e. The summed E-state index contributed by atoms with van der Waals surface area (Å²) in [4.78, 5) is 26.5. The Bertz CT molecular complexity index is 805. The van der Waals surface area contributed by atoms with Gasteiger partial charge in [0.1, 0.15) is 5.75 Å². The molecule has 2 aromatic carbocycles. The fraction of sp³-hybridized carbons (Fsp3) is 0.263. The van der Waals surface area contributed by atoms with Gasteiger partial charge in [-0.3, -0.25) is 9.59 Å². The van der Waals surface area contributed by atoms with E-state index in [2.05, 4.69) is 21.2 Å². The van der Waals surface area contributed by atoms with Crippen molar-refractivity contribution in [2.45, 2.75) is 13.3 Å². The first kappa shape index (κ1) is 17.5. The highest BCUT2D eigenvalue weighted by atomic mass is 79.9. The molecule has 0 unspecified atom stereocenters. The Morgan fingerprint density at radius 2 is 1.96 bits per heavy atom. The fourth-order valence-corrected chi connectivity index (χ4v) is 3.44. The van der Waals surface area contributed by atoms with Crippen LogP contribution in [0.3, 0.4) is 0 Å². The lowest BCUT2D eigenvalue weighted by molar-refractivity contribution is -0.122. The number of nitrogens with zero attached hydrogens (tertiary/aromatic N) is 1. The summed E-state index contributed by atoms with van der Waals surface area (Å²) in [7, 11) is 1.60. The topological polar surface area (TPSA) is 58.6 Å². The molecule has 1 atom stereocenters. The molecule has 0 saturated carbocycles. The van der Waals surface area contributed by atoms with Gasteiger partial charge in [-0.25, -0.2) is 0 Å². The van der Waals surface area contributed by atoms with E-state index < -0.39 is 0 Å². The van der Waals surface area contributed by atoms with Crippen molar-refractivity contribution in [3.63, 3.8) is 0 Å². The number of rotatable bonds is 4. The zero-order valence-corrected chi connectivity index (χ0v) is 15.7. The normalized spacial score (nSPS) is 16.8. The van der Waals surface area contributed by atoms with Crippen LogP contribution in [0.5, 0.6) is 5.75 Å². The molecule has 25 heavy (non-hydrogen) atoms. The van der Waals surface area contributed by atoms with Gasteiger partial charge in [-0.1, -0.05) is 6.07 Å². The largest absolute Gasteiger partial charge is 0.497 e. The Labute approximate surface area is 155 Å². The molecule has 0 spiro atoms. The van der Waals surface area contributed by atoms with E-state index in [-0.39, 0.29) is 24.2 Å². The lowest BCUT2D eigenvalue weighted by Crippen LogP contribution is -2.28. The van der Waals surface area contributed by atoms with E-state index in [0.717, 1.165) is 21.5 Å². The first-order chi connectivity index (χ1) is 12.0. The van der Waals surface area contributed by atoms with Crippen molar-refractivity contribution in [2.75, 3.05) is 23.9 Å². The molecule has 5 nitrogen and oxygen atoms in total. The molecule has 1 aliphatic heterocycles. The SMILES string of the molecule is COc1ccc(N2C[C@H](C(=O)Nc3ccc(C)cc3Br)CC2=O)cc1. The van der Waals surface area contributed by atoms with Gasteiger partial charge in [0.05, 0.1) is 18.7 Å². The van der Waals surface area contributed by atoms with Crippen LogP contribution in [-0.2, 0) is 9.59 Å². The molecule has 1 aliphatic rings. The van der Waals surface area contributed by atoms with Crippen molar-refractivity contribution >= 4 is 39.1 Å². The van der Waals surface area contributed by atoms with Gasteiger partial charge < -0.3 is 15.0 Å². The van der Waals surface area contributed by atoms with E-state index in [1.54, 1.807) is 24.1 Å². The Hall–Kier alpha value is -2.34. The average Bonchev–Trinajstić information content (AvgIpc) is 2.99. The van der Waals surface area contributed by atoms with Gasteiger partial charge in [0.15, 0.2) is 0 Å². The van der Waals surface area contributed by atoms with Crippen LogP contribution in [0.15, 0.2) is 46.9 Å². The van der Waals surface area contributed by atoms with Gasteiger partial charge in [-0.15, -0.1) is 0 Å². The predicted molar refractivity (Wildman–Crippen MR) is 101 cm³/mol. The van der Waals surface area contributed by atoms with E-state index in [9.17, 15) is 9.59 Å². The van der Waals surface area contributed by atoms with Crippen molar-refractivity contribution < 1.29 is 14.3 Å². The molecule has 1 heterocycles. The summed E-state index contributed by atoms with van der Waals surface area (Å²) < 4.78 is 5.96. The van der Waals surface area contributed by atoms with Crippen LogP contribution >= 0.6 is 15.9 Å². The van der Waals surface area contributed by atoms with Crippen molar-refractivity contribution in [2.24, 2.45) is 5.92 Å². The second kappa shape index (κ2) is 7.27. The summed E-state index contributed by atoms with van der Waals surface area (Å²) >= 11 is 3.45. The number of hydrogen-bond acceptors (Lipinski definition) is 3. The minimum atomic E-state index is -0.372. The maximum absolute atomic E-state index is 12.5. The molecule has 2 amide bonds. The smallest absolute Gasteiger partial charge is 0.229 e. The third-order valence-electron chi connectivity index (χ3n) is 4.26. The molecule has 1 N–H and O–H groups in total. The summed E-state index contributed by atoms with van der Waals surface area (Å²) in [5.74, 6) is 0.166. The van der Waals surface area contributed by atoms with E-state index in [1.165, 1.54) is 0 Å². The Balaban J connectivity index is 1.69. The Morgan fingerprint density at radius 1 is 1.24 bits per heavy atom. The van der Waals surface area contributed by atoms with Gasteiger partial charge in [-0.2, -0.15) is 0 Å². The number of aryl methyl sites for hydroxylation is 1. The summed E-state index contributed by atoms with van der Waals surface area (Å²) in [6.45, 7) is 2.36. The van der Waals surface area contributed by atoms with Crippen LogP contribution in [0.25, 0.3) is 0 Å². The van der Waals surface area contributed by atoms with Crippen LogP contribution in [0.2, 0.25) is 0 Å². The van der Waals surface area contributed by atoms with Crippen LogP contribution in [-0.4, -0.2) is 25.5 Å². The lowest BCUT2D eigenvalue weighted by atomic mass is 10.1. The number of carbonyl (C=O) groups excluding carboxylic acids is 2.